The number of hydrogen-bond donors (Lipinski definition) is 0. The van der Waals surface area contributed by atoms with Crippen molar-refractivity contribution in [3.05, 3.63) is 39.9 Å². The van der Waals surface area contributed by atoms with Crippen LogP contribution in [0.15, 0.2) is 23.2 Å². The van der Waals surface area contributed by atoms with Crippen molar-refractivity contribution < 1.29 is 9.53 Å². The molecule has 0 bridgehead atoms. The number of carbonyl (C=O) groups is 1. The van der Waals surface area contributed by atoms with E-state index in [2.05, 4.69) is 22.5 Å². The van der Waals surface area contributed by atoms with Gasteiger partial charge in [0.2, 0.25) is 0 Å². The molecular formula is C12H13BrO2. The summed E-state index contributed by atoms with van der Waals surface area (Å²) >= 11 is 3.23. The minimum Gasteiger partial charge on any atom is -0.488 e. The Morgan fingerprint density at radius 1 is 1.47 bits per heavy atom. The van der Waals surface area contributed by atoms with E-state index >= 15 is 0 Å². The molecule has 0 atom stereocenters. The van der Waals surface area contributed by atoms with Crippen LogP contribution in [0.4, 0.5) is 0 Å². The van der Waals surface area contributed by atoms with Gasteiger partial charge in [0, 0.05) is 10.0 Å². The highest BCUT2D eigenvalue weighted by molar-refractivity contribution is 9.11. The molecule has 0 aliphatic carbocycles. The first-order valence-corrected chi connectivity index (χ1v) is 5.36. The molecule has 2 nitrogen and oxygen atoms in total. The summed E-state index contributed by atoms with van der Waals surface area (Å²) < 4.78 is 6.36. The number of ether oxygens (including phenoxy) is 1. The molecule has 1 aromatic carbocycles. The lowest BCUT2D eigenvalue weighted by Crippen LogP contribution is -2.00. The fraction of sp³-hybridized carbons (Fsp3) is 0.250. The Labute approximate surface area is 98.1 Å². The molecule has 0 saturated carbocycles. The molecule has 0 amide bonds. The standard InChI is InChI=1S/C12H13BrO2/c1-8-4-11(6-14)5-9(2)12(8)15-7-10(3)13/h4-6H,3,7H2,1-2H3. The van der Waals surface area contributed by atoms with Crippen LogP contribution < -0.4 is 4.74 Å². The number of halogens is 1. The molecule has 15 heavy (non-hydrogen) atoms. The highest BCUT2D eigenvalue weighted by Crippen LogP contribution is 2.24. The van der Waals surface area contributed by atoms with E-state index in [0.29, 0.717) is 12.2 Å². The van der Waals surface area contributed by atoms with Gasteiger partial charge in [-0.1, -0.05) is 22.5 Å². The Hall–Kier alpha value is -1.09. The van der Waals surface area contributed by atoms with E-state index in [1.807, 2.05) is 26.0 Å². The SMILES string of the molecule is C=C(Br)COc1c(C)cc(C=O)cc1C. The van der Waals surface area contributed by atoms with Crippen LogP contribution in [0.5, 0.6) is 5.75 Å². The first-order chi connectivity index (χ1) is 7.04. The second-order valence-electron chi connectivity index (χ2n) is 3.41. The van der Waals surface area contributed by atoms with Gasteiger partial charge in [0.1, 0.15) is 18.6 Å². The third kappa shape index (κ3) is 3.20. The van der Waals surface area contributed by atoms with Crippen molar-refractivity contribution in [2.75, 3.05) is 6.61 Å². The van der Waals surface area contributed by atoms with E-state index in [1.54, 1.807) is 0 Å². The zero-order valence-corrected chi connectivity index (χ0v) is 10.4. The van der Waals surface area contributed by atoms with Crippen LogP contribution in [-0.4, -0.2) is 12.9 Å². The largest absolute Gasteiger partial charge is 0.488 e. The minimum absolute atomic E-state index is 0.433. The maximum atomic E-state index is 10.6. The second-order valence-corrected chi connectivity index (χ2v) is 4.53. The van der Waals surface area contributed by atoms with Crippen LogP contribution in [0.1, 0.15) is 21.5 Å². The average Bonchev–Trinajstić information content (AvgIpc) is 2.15. The Balaban J connectivity index is 2.97. The third-order valence-electron chi connectivity index (χ3n) is 1.99. The van der Waals surface area contributed by atoms with Crippen LogP contribution in [0.3, 0.4) is 0 Å². The van der Waals surface area contributed by atoms with E-state index < -0.39 is 0 Å². The zero-order chi connectivity index (χ0) is 11.4. The smallest absolute Gasteiger partial charge is 0.150 e. The Morgan fingerprint density at radius 3 is 2.40 bits per heavy atom. The van der Waals surface area contributed by atoms with Crippen molar-refractivity contribution in [1.29, 1.82) is 0 Å². The van der Waals surface area contributed by atoms with Crippen LogP contribution in [-0.2, 0) is 0 Å². The average molecular weight is 269 g/mol. The van der Waals surface area contributed by atoms with Crippen LogP contribution in [0, 0.1) is 13.8 Å². The number of aldehydes is 1. The number of carbonyl (C=O) groups excluding carboxylic acids is 1. The van der Waals surface area contributed by atoms with Crippen molar-refractivity contribution in [2.24, 2.45) is 0 Å². The first-order valence-electron chi connectivity index (χ1n) is 4.57. The van der Waals surface area contributed by atoms with Gasteiger partial charge in [0.05, 0.1) is 0 Å². The lowest BCUT2D eigenvalue weighted by Gasteiger charge is -2.12. The fourth-order valence-corrected chi connectivity index (χ4v) is 1.54. The van der Waals surface area contributed by atoms with Gasteiger partial charge in [-0.05, 0) is 37.1 Å². The van der Waals surface area contributed by atoms with Gasteiger partial charge in [0.25, 0.3) is 0 Å². The fourth-order valence-electron chi connectivity index (χ4n) is 1.43. The molecule has 1 aromatic rings. The van der Waals surface area contributed by atoms with E-state index in [1.165, 1.54) is 0 Å². The van der Waals surface area contributed by atoms with Gasteiger partial charge in [-0.2, -0.15) is 0 Å². The summed E-state index contributed by atoms with van der Waals surface area (Å²) in [5.74, 6) is 0.821. The summed E-state index contributed by atoms with van der Waals surface area (Å²) in [7, 11) is 0. The number of aryl methyl sites for hydroxylation is 2. The van der Waals surface area contributed by atoms with E-state index in [4.69, 9.17) is 4.74 Å². The third-order valence-corrected chi connectivity index (χ3v) is 2.22. The monoisotopic (exact) mass is 268 g/mol. The summed E-state index contributed by atoms with van der Waals surface area (Å²) in [5.41, 5.74) is 2.60. The van der Waals surface area contributed by atoms with Gasteiger partial charge in [-0.15, -0.1) is 0 Å². The van der Waals surface area contributed by atoms with Gasteiger partial charge >= 0.3 is 0 Å². The second kappa shape index (κ2) is 5.12. The predicted molar refractivity (Wildman–Crippen MR) is 64.9 cm³/mol. The molecule has 0 aliphatic rings. The molecule has 0 aliphatic heterocycles. The highest BCUT2D eigenvalue weighted by atomic mass is 79.9. The summed E-state index contributed by atoms with van der Waals surface area (Å²) in [6.45, 7) is 7.98. The maximum Gasteiger partial charge on any atom is 0.150 e. The minimum atomic E-state index is 0.433. The Kier molecular flexibility index (Phi) is 4.09. The molecule has 0 spiro atoms. The van der Waals surface area contributed by atoms with Crippen molar-refractivity contribution in [1.82, 2.24) is 0 Å². The lowest BCUT2D eigenvalue weighted by atomic mass is 10.1. The van der Waals surface area contributed by atoms with E-state index in [-0.39, 0.29) is 0 Å². The van der Waals surface area contributed by atoms with Crippen molar-refractivity contribution in [3.8, 4) is 5.75 Å². The molecular weight excluding hydrogens is 256 g/mol. The summed E-state index contributed by atoms with van der Waals surface area (Å²) in [4.78, 5) is 10.6. The van der Waals surface area contributed by atoms with Gasteiger partial charge in [-0.25, -0.2) is 0 Å². The predicted octanol–water partition coefficient (Wildman–Crippen LogP) is 3.40. The molecule has 80 valence electrons. The number of rotatable bonds is 4. The Bertz CT molecular complexity index is 374. The quantitative estimate of drug-likeness (QED) is 0.783. The molecule has 0 saturated heterocycles. The first kappa shape index (κ1) is 12.0. The van der Waals surface area contributed by atoms with Crippen LogP contribution in [0.25, 0.3) is 0 Å². The molecule has 1 rings (SSSR count). The van der Waals surface area contributed by atoms with Crippen LogP contribution >= 0.6 is 15.9 Å². The maximum absolute atomic E-state index is 10.6. The van der Waals surface area contributed by atoms with Crippen molar-refractivity contribution in [3.63, 3.8) is 0 Å². The summed E-state index contributed by atoms with van der Waals surface area (Å²) in [6.07, 6.45) is 0.840. The van der Waals surface area contributed by atoms with Crippen LogP contribution in [0.2, 0.25) is 0 Å². The molecule has 0 radical (unpaired) electrons. The van der Waals surface area contributed by atoms with E-state index in [0.717, 1.165) is 27.6 Å². The van der Waals surface area contributed by atoms with Gasteiger partial charge < -0.3 is 4.74 Å². The Morgan fingerprint density at radius 2 is 2.00 bits per heavy atom. The zero-order valence-electron chi connectivity index (χ0n) is 8.84. The molecule has 0 N–H and O–H groups in total. The molecule has 3 heteroatoms. The normalized spacial score (nSPS) is 9.80. The summed E-state index contributed by atoms with van der Waals surface area (Å²) in [6, 6.07) is 3.62. The lowest BCUT2D eigenvalue weighted by molar-refractivity contribution is 0.112. The van der Waals surface area contributed by atoms with Crippen molar-refractivity contribution >= 4 is 22.2 Å². The summed E-state index contributed by atoms with van der Waals surface area (Å²) in [5, 5.41) is 0. The van der Waals surface area contributed by atoms with E-state index in [9.17, 15) is 4.79 Å². The van der Waals surface area contributed by atoms with Gasteiger partial charge in [0.15, 0.2) is 0 Å². The molecule has 0 heterocycles. The topological polar surface area (TPSA) is 26.3 Å². The highest BCUT2D eigenvalue weighted by Gasteiger charge is 2.06. The van der Waals surface area contributed by atoms with Gasteiger partial charge in [-0.3, -0.25) is 4.79 Å². The molecule has 0 unspecified atom stereocenters. The molecule has 0 fully saturated rings. The number of benzene rings is 1. The van der Waals surface area contributed by atoms with Crippen molar-refractivity contribution in [2.45, 2.75) is 13.8 Å². The molecule has 0 aromatic heterocycles. The number of hydrogen-bond acceptors (Lipinski definition) is 2.